The number of carbonyl (C=O) groups is 2. The summed E-state index contributed by atoms with van der Waals surface area (Å²) >= 11 is 0. The van der Waals surface area contributed by atoms with Gasteiger partial charge in [0.1, 0.15) is 0 Å². The molecule has 1 heterocycles. The highest BCUT2D eigenvalue weighted by atomic mass is 16.4. The lowest BCUT2D eigenvalue weighted by Gasteiger charge is -2.23. The molecule has 2 N–H and O–H groups in total. The third-order valence-corrected chi connectivity index (χ3v) is 5.08. The van der Waals surface area contributed by atoms with Gasteiger partial charge >= 0.3 is 12.0 Å². The van der Waals surface area contributed by atoms with Crippen LogP contribution in [0.5, 0.6) is 0 Å². The number of likely N-dealkylation sites (tertiary alicyclic amines) is 1. The molecule has 3 rings (SSSR count). The Morgan fingerprint density at radius 3 is 2.74 bits per heavy atom. The van der Waals surface area contributed by atoms with Crippen LogP contribution in [0.4, 0.5) is 4.79 Å². The molecule has 0 radical (unpaired) electrons. The molecule has 5 heteroatoms. The molecule has 23 heavy (non-hydrogen) atoms. The van der Waals surface area contributed by atoms with Crippen LogP contribution in [0.2, 0.25) is 0 Å². The van der Waals surface area contributed by atoms with Gasteiger partial charge < -0.3 is 15.3 Å². The molecule has 2 amide bonds. The van der Waals surface area contributed by atoms with Crippen LogP contribution < -0.4 is 5.32 Å². The van der Waals surface area contributed by atoms with Crippen LogP contribution in [-0.4, -0.2) is 35.1 Å². The third-order valence-electron chi connectivity index (χ3n) is 5.08. The van der Waals surface area contributed by atoms with Gasteiger partial charge in [-0.15, -0.1) is 0 Å². The number of hydrogen-bond acceptors (Lipinski definition) is 2. The monoisotopic (exact) mass is 316 g/mol. The number of rotatable bonds is 4. The summed E-state index contributed by atoms with van der Waals surface area (Å²) in [6.07, 6.45) is 3.01. The molecular formula is C18H24N2O3. The molecule has 1 saturated heterocycles. The van der Waals surface area contributed by atoms with Crippen molar-refractivity contribution in [1.82, 2.24) is 10.2 Å². The molecule has 2 fully saturated rings. The van der Waals surface area contributed by atoms with Crippen LogP contribution in [0, 0.1) is 5.41 Å². The molecule has 2 unspecified atom stereocenters. The molecule has 1 aromatic carbocycles. The number of aliphatic carboxylic acids is 1. The predicted molar refractivity (Wildman–Crippen MR) is 87.3 cm³/mol. The van der Waals surface area contributed by atoms with Gasteiger partial charge in [0.25, 0.3) is 0 Å². The second-order valence-electron chi connectivity index (χ2n) is 7.15. The van der Waals surface area contributed by atoms with E-state index in [0.29, 0.717) is 18.9 Å². The molecule has 0 spiro atoms. The van der Waals surface area contributed by atoms with Crippen molar-refractivity contribution in [2.75, 3.05) is 13.1 Å². The number of urea groups is 1. The van der Waals surface area contributed by atoms with E-state index >= 15 is 0 Å². The van der Waals surface area contributed by atoms with E-state index in [9.17, 15) is 14.7 Å². The van der Waals surface area contributed by atoms with Gasteiger partial charge in [-0.2, -0.15) is 0 Å². The van der Waals surface area contributed by atoms with Gasteiger partial charge in [-0.1, -0.05) is 24.3 Å². The zero-order chi connectivity index (χ0) is 16.6. The Kier molecular flexibility index (Phi) is 4.04. The first-order valence-electron chi connectivity index (χ1n) is 8.28. The zero-order valence-electron chi connectivity index (χ0n) is 13.7. The maximum absolute atomic E-state index is 12.4. The zero-order valence-corrected chi connectivity index (χ0v) is 13.7. The van der Waals surface area contributed by atoms with Crippen molar-refractivity contribution in [2.24, 2.45) is 5.41 Å². The van der Waals surface area contributed by atoms with E-state index < -0.39 is 11.4 Å². The first-order chi connectivity index (χ1) is 10.9. The van der Waals surface area contributed by atoms with Crippen molar-refractivity contribution in [3.05, 3.63) is 35.4 Å². The molecule has 1 saturated carbocycles. The fourth-order valence-corrected chi connectivity index (χ4v) is 3.17. The molecule has 0 bridgehead atoms. The van der Waals surface area contributed by atoms with Gasteiger partial charge in [-0.25, -0.2) is 4.79 Å². The van der Waals surface area contributed by atoms with E-state index in [4.69, 9.17) is 0 Å². The van der Waals surface area contributed by atoms with Crippen LogP contribution in [0.15, 0.2) is 24.3 Å². The highest BCUT2D eigenvalue weighted by molar-refractivity contribution is 5.79. The molecule has 2 aliphatic rings. The van der Waals surface area contributed by atoms with Crippen LogP contribution >= 0.6 is 0 Å². The lowest BCUT2D eigenvalue weighted by molar-refractivity contribution is -0.146. The number of carboxylic acids is 1. The molecule has 5 nitrogen and oxygen atoms in total. The maximum Gasteiger partial charge on any atom is 0.317 e. The van der Waals surface area contributed by atoms with Crippen molar-refractivity contribution in [3.8, 4) is 0 Å². The summed E-state index contributed by atoms with van der Waals surface area (Å²) in [4.78, 5) is 25.3. The SMILES string of the molecule is CC(NC(=O)N1CCC(C)(C(=O)O)C1)c1cccc(C2CC2)c1. The summed E-state index contributed by atoms with van der Waals surface area (Å²) in [7, 11) is 0. The third kappa shape index (κ3) is 3.33. The van der Waals surface area contributed by atoms with E-state index in [1.807, 2.05) is 19.1 Å². The number of hydrogen-bond donors (Lipinski definition) is 2. The quantitative estimate of drug-likeness (QED) is 0.896. The Labute approximate surface area is 136 Å². The second-order valence-corrected chi connectivity index (χ2v) is 7.15. The van der Waals surface area contributed by atoms with Crippen molar-refractivity contribution >= 4 is 12.0 Å². The molecule has 1 aliphatic carbocycles. The Morgan fingerprint density at radius 2 is 2.13 bits per heavy atom. The predicted octanol–water partition coefficient (Wildman–Crippen LogP) is 3.13. The molecule has 1 aromatic rings. The Bertz CT molecular complexity index is 626. The Morgan fingerprint density at radius 1 is 1.39 bits per heavy atom. The summed E-state index contributed by atoms with van der Waals surface area (Å²) in [5.74, 6) is -0.148. The summed E-state index contributed by atoms with van der Waals surface area (Å²) in [6, 6.07) is 8.13. The average molecular weight is 316 g/mol. The number of amides is 2. The highest BCUT2D eigenvalue weighted by Gasteiger charge is 2.42. The minimum atomic E-state index is -0.835. The topological polar surface area (TPSA) is 69.6 Å². The number of carbonyl (C=O) groups excluding carboxylic acids is 1. The lowest BCUT2D eigenvalue weighted by atomic mass is 9.90. The molecular weight excluding hydrogens is 292 g/mol. The minimum absolute atomic E-state index is 0.0853. The van der Waals surface area contributed by atoms with Crippen LogP contribution in [0.3, 0.4) is 0 Å². The Hall–Kier alpha value is -2.04. The molecule has 124 valence electrons. The van der Waals surface area contributed by atoms with Crippen LogP contribution in [-0.2, 0) is 4.79 Å². The largest absolute Gasteiger partial charge is 0.481 e. The smallest absolute Gasteiger partial charge is 0.317 e. The van der Waals surface area contributed by atoms with Crippen molar-refractivity contribution in [3.63, 3.8) is 0 Å². The summed E-state index contributed by atoms with van der Waals surface area (Å²) in [5, 5.41) is 12.3. The van der Waals surface area contributed by atoms with E-state index in [1.165, 1.54) is 18.4 Å². The van der Waals surface area contributed by atoms with E-state index in [1.54, 1.807) is 11.8 Å². The number of benzene rings is 1. The van der Waals surface area contributed by atoms with Gasteiger partial charge in [0.05, 0.1) is 11.5 Å². The lowest BCUT2D eigenvalue weighted by Crippen LogP contribution is -2.41. The fourth-order valence-electron chi connectivity index (χ4n) is 3.17. The number of nitrogens with one attached hydrogen (secondary N) is 1. The van der Waals surface area contributed by atoms with Gasteiger partial charge in [0.2, 0.25) is 0 Å². The normalized spacial score (nSPS) is 25.2. The van der Waals surface area contributed by atoms with Crippen LogP contribution in [0.25, 0.3) is 0 Å². The summed E-state index contributed by atoms with van der Waals surface area (Å²) in [6.45, 7) is 4.42. The summed E-state index contributed by atoms with van der Waals surface area (Å²) in [5.41, 5.74) is 1.62. The minimum Gasteiger partial charge on any atom is -0.481 e. The van der Waals surface area contributed by atoms with E-state index in [0.717, 1.165) is 5.56 Å². The van der Waals surface area contributed by atoms with Crippen molar-refractivity contribution < 1.29 is 14.7 Å². The number of carboxylic acid groups (broad SMARTS) is 1. The molecule has 1 aliphatic heterocycles. The summed E-state index contributed by atoms with van der Waals surface area (Å²) < 4.78 is 0. The second kappa shape index (κ2) is 5.87. The Balaban J connectivity index is 1.61. The molecule has 2 atom stereocenters. The van der Waals surface area contributed by atoms with Crippen molar-refractivity contribution in [2.45, 2.75) is 45.1 Å². The molecule has 0 aromatic heterocycles. The van der Waals surface area contributed by atoms with E-state index in [2.05, 4.69) is 17.4 Å². The maximum atomic E-state index is 12.4. The first-order valence-corrected chi connectivity index (χ1v) is 8.28. The van der Waals surface area contributed by atoms with Crippen molar-refractivity contribution in [1.29, 1.82) is 0 Å². The fraction of sp³-hybridized carbons (Fsp3) is 0.556. The first kappa shape index (κ1) is 15.8. The van der Waals surface area contributed by atoms with Gasteiger partial charge in [-0.3, -0.25) is 4.79 Å². The van der Waals surface area contributed by atoms with E-state index in [-0.39, 0.29) is 18.6 Å². The highest BCUT2D eigenvalue weighted by Crippen LogP contribution is 2.40. The van der Waals surface area contributed by atoms with Gasteiger partial charge in [0.15, 0.2) is 0 Å². The standard InChI is InChI=1S/C18H24N2O3/c1-12(14-4-3-5-15(10-14)13-6-7-13)19-17(23)20-9-8-18(2,11-20)16(21)22/h3-5,10,12-13H,6-9,11H2,1-2H3,(H,19,23)(H,21,22). The number of nitrogens with zero attached hydrogens (tertiary/aromatic N) is 1. The average Bonchev–Trinajstić information content (AvgIpc) is 3.29. The van der Waals surface area contributed by atoms with Gasteiger partial charge in [0, 0.05) is 13.1 Å². The van der Waals surface area contributed by atoms with Gasteiger partial charge in [-0.05, 0) is 50.2 Å². The van der Waals surface area contributed by atoms with Crippen LogP contribution in [0.1, 0.15) is 56.2 Å².